The van der Waals surface area contributed by atoms with Gasteiger partial charge in [-0.2, -0.15) is 0 Å². The van der Waals surface area contributed by atoms with E-state index in [2.05, 4.69) is 43.6 Å². The molecule has 3 nitrogen and oxygen atoms in total. The van der Waals surface area contributed by atoms with Gasteiger partial charge in [0.15, 0.2) is 0 Å². The molecule has 0 radical (unpaired) electrons. The first-order chi connectivity index (χ1) is 9.67. The van der Waals surface area contributed by atoms with E-state index >= 15 is 0 Å². The van der Waals surface area contributed by atoms with E-state index in [-0.39, 0.29) is 12.1 Å². The second-order valence-corrected chi connectivity index (χ2v) is 5.57. The van der Waals surface area contributed by atoms with Gasteiger partial charge in [-0.05, 0) is 30.5 Å². The summed E-state index contributed by atoms with van der Waals surface area (Å²) in [5.41, 5.74) is 7.66. The van der Waals surface area contributed by atoms with Crippen LogP contribution in [0.3, 0.4) is 0 Å². The maximum Gasteiger partial charge on any atom is 0.0514 e. The quantitative estimate of drug-likeness (QED) is 0.749. The predicted octanol–water partition coefficient (Wildman–Crippen LogP) is 3.62. The molecule has 20 heavy (non-hydrogen) atoms. The molecule has 0 bridgehead atoms. The van der Waals surface area contributed by atoms with Crippen molar-refractivity contribution in [3.63, 3.8) is 0 Å². The SMILES string of the molecule is CCC(CC)CN(CC)C(c1cccnc1)C(N)CC. The molecule has 0 aliphatic rings. The van der Waals surface area contributed by atoms with Crippen LogP contribution in [0.15, 0.2) is 24.5 Å². The lowest BCUT2D eigenvalue weighted by molar-refractivity contribution is 0.147. The second kappa shape index (κ2) is 9.09. The van der Waals surface area contributed by atoms with Gasteiger partial charge in [0.2, 0.25) is 0 Å². The van der Waals surface area contributed by atoms with Gasteiger partial charge in [-0.15, -0.1) is 0 Å². The highest BCUT2D eigenvalue weighted by Gasteiger charge is 2.26. The van der Waals surface area contributed by atoms with Crippen molar-refractivity contribution in [2.45, 2.75) is 59.0 Å². The third kappa shape index (κ3) is 4.57. The van der Waals surface area contributed by atoms with E-state index in [1.807, 2.05) is 18.5 Å². The molecule has 0 amide bonds. The van der Waals surface area contributed by atoms with E-state index < -0.39 is 0 Å². The number of hydrogen-bond donors (Lipinski definition) is 1. The van der Waals surface area contributed by atoms with Gasteiger partial charge < -0.3 is 5.73 Å². The lowest BCUT2D eigenvalue weighted by Crippen LogP contribution is -2.43. The number of nitrogens with zero attached hydrogens (tertiary/aromatic N) is 2. The van der Waals surface area contributed by atoms with Crippen molar-refractivity contribution < 1.29 is 0 Å². The van der Waals surface area contributed by atoms with E-state index in [4.69, 9.17) is 5.73 Å². The molecule has 3 heteroatoms. The van der Waals surface area contributed by atoms with E-state index in [1.54, 1.807) is 0 Å². The van der Waals surface area contributed by atoms with Crippen LogP contribution in [0.5, 0.6) is 0 Å². The highest BCUT2D eigenvalue weighted by atomic mass is 15.2. The minimum absolute atomic E-state index is 0.161. The van der Waals surface area contributed by atoms with E-state index in [1.165, 1.54) is 18.4 Å². The van der Waals surface area contributed by atoms with Crippen LogP contribution in [-0.2, 0) is 0 Å². The molecule has 2 unspecified atom stereocenters. The third-order valence-electron chi connectivity index (χ3n) is 4.35. The summed E-state index contributed by atoms with van der Waals surface area (Å²) in [6, 6.07) is 4.60. The van der Waals surface area contributed by atoms with E-state index in [0.717, 1.165) is 25.4 Å². The lowest BCUT2D eigenvalue weighted by Gasteiger charge is -2.36. The maximum atomic E-state index is 6.41. The molecule has 0 aliphatic carbocycles. The van der Waals surface area contributed by atoms with Gasteiger partial charge in [-0.1, -0.05) is 46.6 Å². The summed E-state index contributed by atoms with van der Waals surface area (Å²) in [4.78, 5) is 6.81. The van der Waals surface area contributed by atoms with E-state index in [0.29, 0.717) is 0 Å². The molecule has 0 aliphatic heterocycles. The van der Waals surface area contributed by atoms with Crippen molar-refractivity contribution in [3.8, 4) is 0 Å². The van der Waals surface area contributed by atoms with Crippen molar-refractivity contribution in [1.29, 1.82) is 0 Å². The highest BCUT2D eigenvalue weighted by Crippen LogP contribution is 2.26. The Bertz CT molecular complexity index is 349. The Labute approximate surface area is 124 Å². The standard InChI is InChI=1S/C17H31N3/c1-5-14(6-2)13-20(8-4)17(16(18)7-3)15-10-9-11-19-12-15/h9-12,14,16-17H,5-8,13,18H2,1-4H3. The van der Waals surface area contributed by atoms with Crippen LogP contribution in [-0.4, -0.2) is 29.0 Å². The molecule has 0 saturated heterocycles. The molecule has 0 spiro atoms. The number of hydrogen-bond acceptors (Lipinski definition) is 3. The van der Waals surface area contributed by atoms with Gasteiger partial charge in [0.25, 0.3) is 0 Å². The molecule has 0 fully saturated rings. The number of pyridine rings is 1. The lowest BCUT2D eigenvalue weighted by atomic mass is 9.95. The largest absolute Gasteiger partial charge is 0.326 e. The van der Waals surface area contributed by atoms with Crippen LogP contribution in [0.2, 0.25) is 0 Å². The first-order valence-corrected chi connectivity index (χ1v) is 8.07. The molecule has 0 saturated carbocycles. The summed E-state index contributed by atoms with van der Waals surface area (Å²) in [6.07, 6.45) is 7.24. The first kappa shape index (κ1) is 17.1. The number of nitrogens with two attached hydrogens (primary N) is 1. The van der Waals surface area contributed by atoms with Crippen LogP contribution >= 0.6 is 0 Å². The van der Waals surface area contributed by atoms with Crippen LogP contribution < -0.4 is 5.73 Å². The van der Waals surface area contributed by atoms with Crippen molar-refractivity contribution >= 4 is 0 Å². The predicted molar refractivity (Wildman–Crippen MR) is 86.6 cm³/mol. The second-order valence-electron chi connectivity index (χ2n) is 5.57. The van der Waals surface area contributed by atoms with Gasteiger partial charge >= 0.3 is 0 Å². The average Bonchev–Trinajstić information content (AvgIpc) is 2.51. The van der Waals surface area contributed by atoms with Crippen molar-refractivity contribution in [2.75, 3.05) is 13.1 Å². The summed E-state index contributed by atoms with van der Waals surface area (Å²) in [6.45, 7) is 11.1. The zero-order valence-corrected chi connectivity index (χ0v) is 13.5. The maximum absolute atomic E-state index is 6.41. The smallest absolute Gasteiger partial charge is 0.0514 e. The molecule has 0 aromatic carbocycles. The van der Waals surface area contributed by atoms with Crippen LogP contribution in [0.1, 0.15) is 58.6 Å². The molecule has 2 N–H and O–H groups in total. The summed E-state index contributed by atoms with van der Waals surface area (Å²) >= 11 is 0. The Hall–Kier alpha value is -0.930. The summed E-state index contributed by atoms with van der Waals surface area (Å²) < 4.78 is 0. The number of aromatic nitrogens is 1. The Morgan fingerprint density at radius 3 is 2.30 bits per heavy atom. The summed E-state index contributed by atoms with van der Waals surface area (Å²) in [7, 11) is 0. The number of likely N-dealkylation sites (N-methyl/N-ethyl adjacent to an activating group) is 1. The molecule has 1 heterocycles. The normalized spacial score (nSPS) is 14.8. The first-order valence-electron chi connectivity index (χ1n) is 8.07. The minimum atomic E-state index is 0.161. The van der Waals surface area contributed by atoms with E-state index in [9.17, 15) is 0 Å². The fourth-order valence-corrected chi connectivity index (χ4v) is 2.82. The fraction of sp³-hybridized carbons (Fsp3) is 0.706. The average molecular weight is 277 g/mol. The fourth-order valence-electron chi connectivity index (χ4n) is 2.82. The molecular weight excluding hydrogens is 246 g/mol. The van der Waals surface area contributed by atoms with Gasteiger partial charge in [-0.25, -0.2) is 0 Å². The van der Waals surface area contributed by atoms with Crippen molar-refractivity contribution in [2.24, 2.45) is 11.7 Å². The van der Waals surface area contributed by atoms with Gasteiger partial charge in [-0.3, -0.25) is 9.88 Å². The van der Waals surface area contributed by atoms with Crippen LogP contribution in [0.25, 0.3) is 0 Å². The van der Waals surface area contributed by atoms with Gasteiger partial charge in [0.1, 0.15) is 0 Å². The molecule has 2 atom stereocenters. The Morgan fingerprint density at radius 2 is 1.85 bits per heavy atom. The van der Waals surface area contributed by atoms with Crippen LogP contribution in [0, 0.1) is 5.92 Å². The minimum Gasteiger partial charge on any atom is -0.326 e. The monoisotopic (exact) mass is 277 g/mol. The van der Waals surface area contributed by atoms with Gasteiger partial charge in [0, 0.05) is 25.0 Å². The summed E-state index contributed by atoms with van der Waals surface area (Å²) in [5, 5.41) is 0. The third-order valence-corrected chi connectivity index (χ3v) is 4.35. The Kier molecular flexibility index (Phi) is 7.78. The topological polar surface area (TPSA) is 42.2 Å². The molecular formula is C17H31N3. The Balaban J connectivity index is 2.95. The Morgan fingerprint density at radius 1 is 1.15 bits per heavy atom. The number of rotatable bonds is 9. The van der Waals surface area contributed by atoms with Crippen molar-refractivity contribution in [3.05, 3.63) is 30.1 Å². The highest BCUT2D eigenvalue weighted by molar-refractivity contribution is 5.16. The summed E-state index contributed by atoms with van der Waals surface area (Å²) in [5.74, 6) is 0.748. The van der Waals surface area contributed by atoms with Gasteiger partial charge in [0.05, 0.1) is 6.04 Å². The molecule has 1 aromatic rings. The van der Waals surface area contributed by atoms with Crippen molar-refractivity contribution in [1.82, 2.24) is 9.88 Å². The van der Waals surface area contributed by atoms with Crippen LogP contribution in [0.4, 0.5) is 0 Å². The molecule has 114 valence electrons. The zero-order chi connectivity index (χ0) is 15.0. The zero-order valence-electron chi connectivity index (χ0n) is 13.5. The molecule has 1 rings (SSSR count). The molecule has 1 aromatic heterocycles.